The van der Waals surface area contributed by atoms with E-state index in [1.807, 2.05) is 12.1 Å². The highest BCUT2D eigenvalue weighted by Crippen LogP contribution is 2.37. The Balaban J connectivity index is 1.43. The Bertz CT molecular complexity index is 1600. The van der Waals surface area contributed by atoms with Crippen LogP contribution in [0.15, 0.2) is 85.0 Å². The monoisotopic (exact) mass is 664 g/mol. The molecule has 1 unspecified atom stereocenters. The third-order valence-electron chi connectivity index (χ3n) is 8.62. The molecule has 0 saturated heterocycles. The van der Waals surface area contributed by atoms with Gasteiger partial charge in [-0.15, -0.1) is 0 Å². The number of aliphatic hydroxyl groups excluding tert-OH is 2. The Morgan fingerprint density at radius 2 is 1.38 bits per heavy atom. The van der Waals surface area contributed by atoms with E-state index in [0.29, 0.717) is 31.6 Å². The number of alkyl halides is 3. The van der Waals surface area contributed by atoms with Crippen molar-refractivity contribution in [3.8, 4) is 0 Å². The standard InChI is InChI=1S/C39H43F3O6/c1-26(24-43)37(45)47-17-14-29-19-30(15-18-48-38(46)27(2)25-44)22-36(21-29)32-10-8-31(9-11-32)34-13-12-33-20-28(6-7-35(33)23-34)5-3-4-16-39(40,41)42/h6-7,10,12-13,19-23,31,43-44H,1-5,8-9,11,14-18,24-25H2. The number of halogens is 3. The van der Waals surface area contributed by atoms with Crippen LogP contribution in [0.25, 0.3) is 16.3 Å². The Morgan fingerprint density at radius 1 is 0.771 bits per heavy atom. The van der Waals surface area contributed by atoms with E-state index in [1.54, 1.807) is 0 Å². The van der Waals surface area contributed by atoms with Gasteiger partial charge in [0.05, 0.1) is 37.6 Å². The molecule has 6 nitrogen and oxygen atoms in total. The van der Waals surface area contributed by atoms with Crippen molar-refractivity contribution in [2.45, 2.75) is 69.9 Å². The molecule has 0 aliphatic heterocycles. The first-order valence-corrected chi connectivity index (χ1v) is 16.3. The normalized spacial score (nSPS) is 14.8. The van der Waals surface area contributed by atoms with Crippen LogP contribution in [-0.4, -0.2) is 54.8 Å². The molecule has 0 aromatic heterocycles. The van der Waals surface area contributed by atoms with E-state index in [2.05, 4.69) is 61.7 Å². The summed E-state index contributed by atoms with van der Waals surface area (Å²) in [6.07, 6.45) is 2.27. The summed E-state index contributed by atoms with van der Waals surface area (Å²) in [4.78, 5) is 23.9. The fourth-order valence-electron chi connectivity index (χ4n) is 5.87. The lowest BCUT2D eigenvalue weighted by molar-refractivity contribution is -0.140. The van der Waals surface area contributed by atoms with Crippen LogP contribution in [0, 0.1) is 0 Å². The van der Waals surface area contributed by atoms with Crippen LogP contribution in [0.4, 0.5) is 13.2 Å². The highest BCUT2D eigenvalue weighted by Gasteiger charge is 2.26. The van der Waals surface area contributed by atoms with Crippen LogP contribution in [-0.2, 0) is 38.3 Å². The second kappa shape index (κ2) is 17.3. The summed E-state index contributed by atoms with van der Waals surface area (Å²) in [7, 11) is 0. The van der Waals surface area contributed by atoms with E-state index in [-0.39, 0.29) is 30.8 Å². The number of rotatable bonds is 16. The molecular weight excluding hydrogens is 621 g/mol. The van der Waals surface area contributed by atoms with Crippen molar-refractivity contribution in [1.82, 2.24) is 0 Å². The van der Waals surface area contributed by atoms with Crippen LogP contribution in [0.3, 0.4) is 0 Å². The van der Waals surface area contributed by atoms with Crippen LogP contribution in [0.2, 0.25) is 0 Å². The molecule has 0 fully saturated rings. The van der Waals surface area contributed by atoms with Crippen LogP contribution in [0.5, 0.6) is 0 Å². The molecule has 256 valence electrons. The van der Waals surface area contributed by atoms with Gasteiger partial charge in [-0.05, 0) is 88.6 Å². The van der Waals surface area contributed by atoms with E-state index in [1.165, 1.54) is 11.1 Å². The summed E-state index contributed by atoms with van der Waals surface area (Å²) < 4.78 is 47.9. The number of allylic oxidation sites excluding steroid dienone is 2. The van der Waals surface area contributed by atoms with Gasteiger partial charge in [-0.3, -0.25) is 0 Å². The number of hydrogen-bond acceptors (Lipinski definition) is 6. The molecule has 1 aliphatic carbocycles. The van der Waals surface area contributed by atoms with E-state index < -0.39 is 37.7 Å². The average Bonchev–Trinajstić information content (AvgIpc) is 3.08. The predicted octanol–water partition coefficient (Wildman–Crippen LogP) is 7.73. The zero-order valence-corrected chi connectivity index (χ0v) is 27.1. The van der Waals surface area contributed by atoms with Gasteiger partial charge < -0.3 is 19.7 Å². The summed E-state index contributed by atoms with van der Waals surface area (Å²) in [6.45, 7) is 6.30. The average molecular weight is 665 g/mol. The maximum atomic E-state index is 12.5. The molecule has 3 aromatic rings. The quantitative estimate of drug-likeness (QED) is 0.0925. The van der Waals surface area contributed by atoms with Crippen molar-refractivity contribution in [2.24, 2.45) is 0 Å². The molecule has 4 rings (SSSR count). The molecule has 0 heterocycles. The highest BCUT2D eigenvalue weighted by molar-refractivity contribution is 5.88. The third-order valence-corrected chi connectivity index (χ3v) is 8.62. The fraction of sp³-hybridized carbons (Fsp3) is 0.385. The number of benzene rings is 3. The molecule has 3 aromatic carbocycles. The first-order chi connectivity index (χ1) is 23.0. The number of esters is 2. The minimum Gasteiger partial charge on any atom is -0.462 e. The molecule has 1 atom stereocenters. The van der Waals surface area contributed by atoms with Gasteiger partial charge in [0.25, 0.3) is 0 Å². The smallest absolute Gasteiger partial charge is 0.389 e. The van der Waals surface area contributed by atoms with Gasteiger partial charge in [0.2, 0.25) is 0 Å². The van der Waals surface area contributed by atoms with Crippen molar-refractivity contribution in [1.29, 1.82) is 0 Å². The van der Waals surface area contributed by atoms with Crippen LogP contribution < -0.4 is 0 Å². The molecule has 0 amide bonds. The highest BCUT2D eigenvalue weighted by atomic mass is 19.4. The number of carbonyl (C=O) groups is 2. The number of carbonyl (C=O) groups excluding carboxylic acids is 2. The van der Waals surface area contributed by atoms with Gasteiger partial charge in [-0.1, -0.05) is 73.8 Å². The maximum Gasteiger partial charge on any atom is 0.389 e. The molecule has 0 saturated carbocycles. The summed E-state index contributed by atoms with van der Waals surface area (Å²) in [5, 5.41) is 20.4. The van der Waals surface area contributed by atoms with Crippen LogP contribution >= 0.6 is 0 Å². The Morgan fingerprint density at radius 3 is 1.94 bits per heavy atom. The summed E-state index contributed by atoms with van der Waals surface area (Å²) >= 11 is 0. The molecule has 0 bridgehead atoms. The Kier molecular flexibility index (Phi) is 13.2. The van der Waals surface area contributed by atoms with Gasteiger partial charge >= 0.3 is 18.1 Å². The van der Waals surface area contributed by atoms with E-state index in [4.69, 9.17) is 19.7 Å². The molecular formula is C39H43F3O6. The molecule has 9 heteroatoms. The van der Waals surface area contributed by atoms with Gasteiger partial charge in [0.15, 0.2) is 0 Å². The SMILES string of the molecule is C=C(CO)C(=O)OCCc1cc(CCOC(=O)C(=C)CO)cc(C2=CCC(c3ccc4cc(CCCCC(F)(F)F)ccc4c3)CC2)c1. The summed E-state index contributed by atoms with van der Waals surface area (Å²) in [5.41, 5.74) is 6.45. The summed E-state index contributed by atoms with van der Waals surface area (Å²) in [5.74, 6) is -0.930. The van der Waals surface area contributed by atoms with Gasteiger partial charge in [0.1, 0.15) is 0 Å². The van der Waals surface area contributed by atoms with Crippen molar-refractivity contribution < 1.29 is 42.4 Å². The fourth-order valence-corrected chi connectivity index (χ4v) is 5.87. The lowest BCUT2D eigenvalue weighted by atomic mass is 9.81. The number of fused-ring (bicyclic) bond motifs is 1. The number of aryl methyl sites for hydroxylation is 1. The topological polar surface area (TPSA) is 93.1 Å². The van der Waals surface area contributed by atoms with Crippen LogP contribution in [0.1, 0.15) is 72.3 Å². The molecule has 2 N–H and O–H groups in total. The summed E-state index contributed by atoms with van der Waals surface area (Å²) in [6, 6.07) is 18.8. The zero-order valence-electron chi connectivity index (χ0n) is 27.1. The minimum atomic E-state index is -4.10. The molecule has 0 radical (unpaired) electrons. The van der Waals surface area contributed by atoms with E-state index in [0.717, 1.165) is 52.3 Å². The number of hydrogen-bond donors (Lipinski definition) is 2. The maximum absolute atomic E-state index is 12.5. The first-order valence-electron chi connectivity index (χ1n) is 16.3. The van der Waals surface area contributed by atoms with Gasteiger partial charge in [-0.2, -0.15) is 13.2 Å². The third kappa shape index (κ3) is 10.9. The van der Waals surface area contributed by atoms with Crippen molar-refractivity contribution >= 4 is 28.3 Å². The lowest BCUT2D eigenvalue weighted by Gasteiger charge is -2.24. The Hall–Kier alpha value is -4.21. The molecule has 1 aliphatic rings. The lowest BCUT2D eigenvalue weighted by Crippen LogP contribution is -2.13. The number of unbranched alkanes of at least 4 members (excludes halogenated alkanes) is 1. The molecule has 48 heavy (non-hydrogen) atoms. The second-order valence-corrected chi connectivity index (χ2v) is 12.3. The number of ether oxygens (including phenoxy) is 2. The number of aliphatic hydroxyl groups is 2. The van der Waals surface area contributed by atoms with Crippen molar-refractivity contribution in [3.63, 3.8) is 0 Å². The second-order valence-electron chi connectivity index (χ2n) is 12.3. The minimum absolute atomic E-state index is 0.00730. The molecule has 0 spiro atoms. The van der Waals surface area contributed by atoms with E-state index >= 15 is 0 Å². The predicted molar refractivity (Wildman–Crippen MR) is 180 cm³/mol. The Labute approximate surface area is 279 Å². The zero-order chi connectivity index (χ0) is 34.7. The first kappa shape index (κ1) is 36.6. The van der Waals surface area contributed by atoms with Crippen molar-refractivity contribution in [2.75, 3.05) is 26.4 Å². The largest absolute Gasteiger partial charge is 0.462 e. The van der Waals surface area contributed by atoms with Gasteiger partial charge in [-0.25, -0.2) is 9.59 Å². The van der Waals surface area contributed by atoms with E-state index in [9.17, 15) is 22.8 Å². The van der Waals surface area contributed by atoms with Crippen molar-refractivity contribution in [3.05, 3.63) is 113 Å². The van der Waals surface area contributed by atoms with Gasteiger partial charge in [0, 0.05) is 19.3 Å².